The average Bonchev–Trinajstić information content (AvgIpc) is 2.89. The molecule has 1 aromatic rings. The molecule has 1 fully saturated rings. The van der Waals surface area contributed by atoms with Crippen LogP contribution in [0.3, 0.4) is 0 Å². The number of anilines is 1. The number of nitrogens with one attached hydrogen (secondary N) is 1. The van der Waals surface area contributed by atoms with Crippen molar-refractivity contribution in [3.05, 3.63) is 29.3 Å². The Bertz CT molecular complexity index is 675. The van der Waals surface area contributed by atoms with Crippen molar-refractivity contribution in [1.29, 1.82) is 0 Å². The standard InChI is InChI=1S/C21H31N3O2/c1-4-10-23-11-6-8-16-17-7-5-9-19-21(17)18(12-20(16)23)14(2)24(19)13-26-22-15(3)25/h5,7,9,14,16,18,20H,4,6,8,10-13H2,1-3H3,(H,22,25)/t14?,16-,18?,20-/m1/s1. The van der Waals surface area contributed by atoms with Crippen LogP contribution in [0.4, 0.5) is 5.69 Å². The second-order valence-corrected chi connectivity index (χ2v) is 8.12. The molecule has 0 spiro atoms. The average molecular weight is 357 g/mol. The van der Waals surface area contributed by atoms with E-state index in [4.69, 9.17) is 4.84 Å². The number of carbonyl (C=O) groups is 1. The van der Waals surface area contributed by atoms with Gasteiger partial charge in [-0.05, 0) is 68.8 Å². The van der Waals surface area contributed by atoms with Gasteiger partial charge in [-0.2, -0.15) is 0 Å². The fourth-order valence-corrected chi connectivity index (χ4v) is 5.56. The van der Waals surface area contributed by atoms with Crippen molar-refractivity contribution in [2.75, 3.05) is 24.7 Å². The lowest BCUT2D eigenvalue weighted by Gasteiger charge is -2.47. The number of benzene rings is 1. The minimum absolute atomic E-state index is 0.159. The van der Waals surface area contributed by atoms with Crippen molar-refractivity contribution < 1.29 is 9.63 Å². The third kappa shape index (κ3) is 2.91. The second-order valence-electron chi connectivity index (χ2n) is 8.12. The summed E-state index contributed by atoms with van der Waals surface area (Å²) < 4.78 is 0. The van der Waals surface area contributed by atoms with Gasteiger partial charge in [-0.3, -0.25) is 14.5 Å². The van der Waals surface area contributed by atoms with Crippen molar-refractivity contribution in [1.82, 2.24) is 10.4 Å². The molecule has 0 bridgehead atoms. The highest BCUT2D eigenvalue weighted by atomic mass is 16.7. The number of fused-ring (bicyclic) bond motifs is 2. The van der Waals surface area contributed by atoms with Crippen LogP contribution >= 0.6 is 0 Å². The van der Waals surface area contributed by atoms with Crippen molar-refractivity contribution in [3.8, 4) is 0 Å². The van der Waals surface area contributed by atoms with E-state index in [0.29, 0.717) is 30.7 Å². The first-order valence-corrected chi connectivity index (χ1v) is 10.1. The van der Waals surface area contributed by atoms with Crippen LogP contribution in [0.15, 0.2) is 18.2 Å². The molecule has 2 heterocycles. The minimum atomic E-state index is -0.159. The van der Waals surface area contributed by atoms with Crippen LogP contribution in [0.5, 0.6) is 0 Å². The number of hydrogen-bond donors (Lipinski definition) is 1. The van der Waals surface area contributed by atoms with Gasteiger partial charge in [0, 0.05) is 30.6 Å². The number of rotatable bonds is 5. The Morgan fingerprint density at radius 2 is 2.19 bits per heavy atom. The van der Waals surface area contributed by atoms with Crippen LogP contribution in [0, 0.1) is 0 Å². The Hall–Kier alpha value is -1.59. The maximum atomic E-state index is 11.1. The lowest BCUT2D eigenvalue weighted by atomic mass is 9.69. The monoisotopic (exact) mass is 357 g/mol. The molecule has 142 valence electrons. The molecule has 5 nitrogen and oxygen atoms in total. The van der Waals surface area contributed by atoms with E-state index in [1.165, 1.54) is 51.4 Å². The summed E-state index contributed by atoms with van der Waals surface area (Å²) in [4.78, 5) is 21.7. The van der Waals surface area contributed by atoms with E-state index in [-0.39, 0.29) is 5.91 Å². The number of piperidine rings is 1. The molecule has 1 saturated heterocycles. The normalized spacial score (nSPS) is 30.0. The predicted octanol–water partition coefficient (Wildman–Crippen LogP) is 3.37. The molecule has 4 atom stereocenters. The van der Waals surface area contributed by atoms with Crippen LogP contribution in [-0.2, 0) is 9.63 Å². The van der Waals surface area contributed by atoms with Gasteiger partial charge >= 0.3 is 0 Å². The highest BCUT2D eigenvalue weighted by Gasteiger charge is 2.47. The predicted molar refractivity (Wildman–Crippen MR) is 103 cm³/mol. The highest BCUT2D eigenvalue weighted by molar-refractivity contribution is 5.71. The quantitative estimate of drug-likeness (QED) is 0.821. The zero-order valence-electron chi connectivity index (χ0n) is 16.2. The third-order valence-electron chi connectivity index (χ3n) is 6.59. The van der Waals surface area contributed by atoms with Gasteiger partial charge in [-0.1, -0.05) is 19.1 Å². The molecule has 5 heteroatoms. The van der Waals surface area contributed by atoms with E-state index in [9.17, 15) is 4.79 Å². The minimum Gasteiger partial charge on any atom is -0.343 e. The Morgan fingerprint density at radius 1 is 1.35 bits per heavy atom. The number of likely N-dealkylation sites (tertiary alicyclic amines) is 1. The summed E-state index contributed by atoms with van der Waals surface area (Å²) in [5.74, 6) is 1.07. The molecule has 0 radical (unpaired) electrons. The SMILES string of the molecule is CCCN1CCC[C@@H]2c3cccc4c3C(C[C@H]21)C(C)N4CONC(C)=O. The van der Waals surface area contributed by atoms with E-state index < -0.39 is 0 Å². The molecule has 1 aromatic carbocycles. The summed E-state index contributed by atoms with van der Waals surface area (Å²) in [6.07, 6.45) is 5.09. The zero-order valence-corrected chi connectivity index (χ0v) is 16.2. The van der Waals surface area contributed by atoms with Gasteiger partial charge in [-0.15, -0.1) is 0 Å². The molecule has 3 aliphatic rings. The lowest BCUT2D eigenvalue weighted by Crippen LogP contribution is -2.48. The first kappa shape index (κ1) is 17.8. The molecule has 4 rings (SSSR count). The van der Waals surface area contributed by atoms with Gasteiger partial charge in [0.15, 0.2) is 0 Å². The van der Waals surface area contributed by atoms with Crippen LogP contribution in [0.25, 0.3) is 0 Å². The zero-order chi connectivity index (χ0) is 18.3. The number of carbonyl (C=O) groups excluding carboxylic acids is 1. The lowest BCUT2D eigenvalue weighted by molar-refractivity contribution is -0.131. The summed E-state index contributed by atoms with van der Waals surface area (Å²) in [5, 5.41) is 0. The maximum absolute atomic E-state index is 11.1. The Morgan fingerprint density at radius 3 is 2.96 bits per heavy atom. The van der Waals surface area contributed by atoms with Crippen molar-refractivity contribution in [2.45, 2.75) is 70.4 Å². The van der Waals surface area contributed by atoms with Crippen molar-refractivity contribution in [2.24, 2.45) is 0 Å². The van der Waals surface area contributed by atoms with Crippen LogP contribution in [-0.4, -0.2) is 42.7 Å². The fraction of sp³-hybridized carbons (Fsp3) is 0.667. The number of nitrogens with zero attached hydrogens (tertiary/aromatic N) is 2. The van der Waals surface area contributed by atoms with Gasteiger partial charge in [0.25, 0.3) is 0 Å². The number of amides is 1. The molecule has 2 unspecified atom stereocenters. The van der Waals surface area contributed by atoms with Gasteiger partial charge in [0.05, 0.1) is 0 Å². The van der Waals surface area contributed by atoms with E-state index >= 15 is 0 Å². The Balaban J connectivity index is 1.63. The number of hydrogen-bond acceptors (Lipinski definition) is 4. The summed E-state index contributed by atoms with van der Waals surface area (Å²) in [7, 11) is 0. The Kier molecular flexibility index (Phi) is 4.93. The summed E-state index contributed by atoms with van der Waals surface area (Å²) in [6, 6.07) is 7.86. The summed E-state index contributed by atoms with van der Waals surface area (Å²) >= 11 is 0. The molecular formula is C21H31N3O2. The van der Waals surface area contributed by atoms with E-state index in [0.717, 1.165) is 0 Å². The Labute approximate surface area is 156 Å². The van der Waals surface area contributed by atoms with Crippen LogP contribution < -0.4 is 10.4 Å². The van der Waals surface area contributed by atoms with Crippen molar-refractivity contribution >= 4 is 11.6 Å². The molecular weight excluding hydrogens is 326 g/mol. The molecule has 2 aliphatic heterocycles. The van der Waals surface area contributed by atoms with E-state index in [1.54, 1.807) is 11.1 Å². The first-order valence-electron chi connectivity index (χ1n) is 10.1. The fourth-order valence-electron chi connectivity index (χ4n) is 5.56. The first-order chi connectivity index (χ1) is 12.6. The molecule has 0 saturated carbocycles. The van der Waals surface area contributed by atoms with Gasteiger partial charge in [0.1, 0.15) is 6.73 Å². The van der Waals surface area contributed by atoms with Crippen LogP contribution in [0.2, 0.25) is 0 Å². The second kappa shape index (κ2) is 7.20. The smallest absolute Gasteiger partial charge is 0.240 e. The molecule has 1 aliphatic carbocycles. The molecule has 0 aromatic heterocycles. The summed E-state index contributed by atoms with van der Waals surface area (Å²) in [6.45, 7) is 8.94. The topological polar surface area (TPSA) is 44.8 Å². The van der Waals surface area contributed by atoms with Gasteiger partial charge in [-0.25, -0.2) is 5.48 Å². The maximum Gasteiger partial charge on any atom is 0.240 e. The third-order valence-corrected chi connectivity index (χ3v) is 6.59. The molecule has 1 N–H and O–H groups in total. The van der Waals surface area contributed by atoms with Gasteiger partial charge in [0.2, 0.25) is 5.91 Å². The van der Waals surface area contributed by atoms with Gasteiger partial charge < -0.3 is 4.90 Å². The molecule has 1 amide bonds. The highest BCUT2D eigenvalue weighted by Crippen LogP contribution is 2.54. The summed E-state index contributed by atoms with van der Waals surface area (Å²) in [5.41, 5.74) is 6.89. The van der Waals surface area contributed by atoms with E-state index in [1.807, 2.05) is 0 Å². The number of hydroxylamine groups is 1. The van der Waals surface area contributed by atoms with Crippen LogP contribution in [0.1, 0.15) is 69.4 Å². The molecule has 26 heavy (non-hydrogen) atoms. The van der Waals surface area contributed by atoms with Crippen molar-refractivity contribution in [3.63, 3.8) is 0 Å². The largest absolute Gasteiger partial charge is 0.343 e. The van der Waals surface area contributed by atoms with E-state index in [2.05, 4.69) is 47.3 Å².